The normalized spacial score (nSPS) is 10.3. The summed E-state index contributed by atoms with van der Waals surface area (Å²) in [4.78, 5) is 22.6. The lowest BCUT2D eigenvalue weighted by molar-refractivity contribution is -0.121. The van der Waals surface area contributed by atoms with E-state index in [0.29, 0.717) is 32.4 Å². The molecule has 7 nitrogen and oxygen atoms in total. The van der Waals surface area contributed by atoms with Crippen molar-refractivity contribution in [3.63, 3.8) is 0 Å². The molecule has 0 spiro atoms. The molecular weight excluding hydrogens is 293 g/mol. The second-order valence-corrected chi connectivity index (χ2v) is 4.33. The smallest absolute Gasteiger partial charge is 0.228 e. The van der Waals surface area contributed by atoms with Gasteiger partial charge in [0.1, 0.15) is 0 Å². The Morgan fingerprint density at radius 2 is 1.79 bits per heavy atom. The molecule has 1 aromatic heterocycles. The molecule has 9 heteroatoms. The van der Waals surface area contributed by atoms with Gasteiger partial charge in [-0.1, -0.05) is 0 Å². The summed E-state index contributed by atoms with van der Waals surface area (Å²) in [5.74, 6) is 0.229. The lowest BCUT2D eigenvalue weighted by atomic mass is 10.3. The van der Waals surface area contributed by atoms with Crippen LogP contribution in [-0.4, -0.2) is 45.7 Å². The van der Waals surface area contributed by atoms with Crippen molar-refractivity contribution in [1.29, 1.82) is 0 Å². The van der Waals surface area contributed by atoms with Gasteiger partial charge in [-0.3, -0.25) is 4.79 Å². The summed E-state index contributed by atoms with van der Waals surface area (Å²) in [6, 6.07) is 0. The van der Waals surface area contributed by atoms with Crippen LogP contribution < -0.4 is 10.6 Å². The fraction of sp³-hybridized carbons (Fsp3) is 0.600. The molecule has 0 bridgehead atoms. The molecule has 0 saturated heterocycles. The Bertz CT molecular complexity index is 399. The van der Waals surface area contributed by atoms with Gasteiger partial charge in [0.05, 0.1) is 0 Å². The molecule has 0 aliphatic rings. The molecule has 1 rings (SSSR count). The Kier molecular flexibility index (Phi) is 7.39. The number of rotatable bonds is 8. The topological polar surface area (TPSA) is 100 Å². The second-order valence-electron chi connectivity index (χ2n) is 3.65. The van der Waals surface area contributed by atoms with Crippen molar-refractivity contribution in [3.05, 3.63) is 10.6 Å². The molecule has 0 radical (unpaired) electrons. The zero-order valence-electron chi connectivity index (χ0n) is 10.2. The molecule has 0 unspecified atom stereocenters. The first-order valence-corrected chi connectivity index (χ1v) is 6.56. The zero-order chi connectivity index (χ0) is 14.1. The lowest BCUT2D eigenvalue weighted by Gasteiger charge is -2.06. The fourth-order valence-corrected chi connectivity index (χ4v) is 1.61. The molecule has 1 aromatic rings. The van der Waals surface area contributed by atoms with Crippen LogP contribution in [0, 0.1) is 0 Å². The largest absolute Gasteiger partial charge is 0.396 e. The summed E-state index contributed by atoms with van der Waals surface area (Å²) >= 11 is 11.2. The van der Waals surface area contributed by atoms with E-state index in [9.17, 15) is 4.79 Å². The third-order valence-electron chi connectivity index (χ3n) is 2.10. The van der Waals surface area contributed by atoms with Crippen LogP contribution in [0.1, 0.15) is 19.3 Å². The number of amides is 1. The third kappa shape index (κ3) is 7.09. The summed E-state index contributed by atoms with van der Waals surface area (Å²) in [6.07, 6.45) is 1.56. The standard InChI is InChI=1S/C10H15Cl2N5O2/c11-8-15-9(12)17-10(16-8)14-4-1-3-7(19)13-5-2-6-18/h18H,1-6H2,(H,13,19)(H,14,15,16,17). The maximum atomic E-state index is 11.3. The van der Waals surface area contributed by atoms with Gasteiger partial charge in [-0.25, -0.2) is 0 Å². The molecule has 1 heterocycles. The van der Waals surface area contributed by atoms with Crippen LogP contribution in [0.3, 0.4) is 0 Å². The van der Waals surface area contributed by atoms with Crippen LogP contribution in [0.5, 0.6) is 0 Å². The summed E-state index contributed by atoms with van der Waals surface area (Å²) < 4.78 is 0. The average molecular weight is 308 g/mol. The zero-order valence-corrected chi connectivity index (χ0v) is 11.7. The minimum atomic E-state index is -0.0537. The van der Waals surface area contributed by atoms with E-state index < -0.39 is 0 Å². The van der Waals surface area contributed by atoms with Gasteiger partial charge in [0.2, 0.25) is 22.4 Å². The molecule has 0 fully saturated rings. The van der Waals surface area contributed by atoms with Crippen molar-refractivity contribution in [1.82, 2.24) is 20.3 Å². The van der Waals surface area contributed by atoms with Gasteiger partial charge in [-0.2, -0.15) is 15.0 Å². The van der Waals surface area contributed by atoms with Gasteiger partial charge >= 0.3 is 0 Å². The first-order chi connectivity index (χ1) is 9.11. The minimum absolute atomic E-state index is 0.0178. The quantitative estimate of drug-likeness (QED) is 0.616. The summed E-state index contributed by atoms with van der Waals surface area (Å²) in [6.45, 7) is 1.08. The van der Waals surface area contributed by atoms with E-state index in [0.717, 1.165) is 0 Å². The van der Waals surface area contributed by atoms with Gasteiger partial charge in [-0.05, 0) is 36.0 Å². The van der Waals surface area contributed by atoms with Crippen molar-refractivity contribution in [2.45, 2.75) is 19.3 Å². The Morgan fingerprint density at radius 1 is 1.11 bits per heavy atom. The molecule has 0 aromatic carbocycles. The molecule has 19 heavy (non-hydrogen) atoms. The maximum absolute atomic E-state index is 11.3. The van der Waals surface area contributed by atoms with E-state index in [1.54, 1.807) is 0 Å². The van der Waals surface area contributed by atoms with Gasteiger partial charge in [0.15, 0.2) is 0 Å². The van der Waals surface area contributed by atoms with Crippen LogP contribution in [0.15, 0.2) is 0 Å². The predicted octanol–water partition coefficient (Wildman–Crippen LogP) is 0.869. The second kappa shape index (κ2) is 8.84. The first kappa shape index (κ1) is 15.9. The number of hydrogen-bond donors (Lipinski definition) is 3. The number of nitrogens with one attached hydrogen (secondary N) is 2. The highest BCUT2D eigenvalue weighted by atomic mass is 35.5. The van der Waals surface area contributed by atoms with E-state index in [4.69, 9.17) is 28.3 Å². The van der Waals surface area contributed by atoms with E-state index in [1.165, 1.54) is 0 Å². The number of halogens is 2. The van der Waals surface area contributed by atoms with Crippen molar-refractivity contribution in [2.24, 2.45) is 0 Å². The Labute approximate surface area is 120 Å². The molecule has 106 valence electrons. The van der Waals surface area contributed by atoms with Crippen LogP contribution >= 0.6 is 23.2 Å². The molecule has 1 amide bonds. The number of aliphatic hydroxyl groups excluding tert-OH is 1. The van der Waals surface area contributed by atoms with Gasteiger partial charge < -0.3 is 15.7 Å². The number of carbonyl (C=O) groups is 1. The number of anilines is 1. The highest BCUT2D eigenvalue weighted by Crippen LogP contribution is 2.09. The number of hydrogen-bond acceptors (Lipinski definition) is 6. The van der Waals surface area contributed by atoms with Crippen molar-refractivity contribution in [2.75, 3.05) is 25.0 Å². The summed E-state index contributed by atoms with van der Waals surface area (Å²) in [7, 11) is 0. The van der Waals surface area contributed by atoms with Crippen LogP contribution in [0.25, 0.3) is 0 Å². The highest BCUT2D eigenvalue weighted by molar-refractivity contribution is 6.31. The molecule has 0 atom stereocenters. The molecule has 0 saturated carbocycles. The van der Waals surface area contributed by atoms with Crippen LogP contribution in [0.4, 0.5) is 5.95 Å². The molecular formula is C10H15Cl2N5O2. The molecule has 3 N–H and O–H groups in total. The molecule has 0 aliphatic carbocycles. The monoisotopic (exact) mass is 307 g/mol. The van der Waals surface area contributed by atoms with Crippen LogP contribution in [-0.2, 0) is 4.79 Å². The SMILES string of the molecule is O=C(CCCNc1nc(Cl)nc(Cl)n1)NCCCO. The van der Waals surface area contributed by atoms with Crippen molar-refractivity contribution in [3.8, 4) is 0 Å². The first-order valence-electron chi connectivity index (χ1n) is 5.80. The van der Waals surface area contributed by atoms with Gasteiger partial charge in [-0.15, -0.1) is 0 Å². The average Bonchev–Trinajstić information content (AvgIpc) is 2.34. The third-order valence-corrected chi connectivity index (χ3v) is 2.44. The number of aliphatic hydroxyl groups is 1. The molecule has 0 aliphatic heterocycles. The Morgan fingerprint density at radius 3 is 2.42 bits per heavy atom. The van der Waals surface area contributed by atoms with Crippen molar-refractivity contribution >= 4 is 35.1 Å². The minimum Gasteiger partial charge on any atom is -0.396 e. The van der Waals surface area contributed by atoms with Crippen LogP contribution in [0.2, 0.25) is 10.6 Å². The van der Waals surface area contributed by atoms with Crippen molar-refractivity contribution < 1.29 is 9.90 Å². The Balaban J connectivity index is 2.18. The summed E-state index contributed by atoms with van der Waals surface area (Å²) in [5, 5.41) is 14.2. The van der Waals surface area contributed by atoms with E-state index in [2.05, 4.69) is 25.6 Å². The number of nitrogens with zero attached hydrogens (tertiary/aromatic N) is 3. The Hall–Kier alpha value is -1.18. The highest BCUT2D eigenvalue weighted by Gasteiger charge is 2.03. The van der Waals surface area contributed by atoms with Gasteiger partial charge in [0, 0.05) is 26.1 Å². The van der Waals surface area contributed by atoms with E-state index >= 15 is 0 Å². The maximum Gasteiger partial charge on any atom is 0.228 e. The predicted molar refractivity (Wildman–Crippen MR) is 72.3 cm³/mol. The number of aromatic nitrogens is 3. The van der Waals surface area contributed by atoms with E-state index in [-0.39, 0.29) is 29.0 Å². The summed E-state index contributed by atoms with van der Waals surface area (Å²) in [5.41, 5.74) is 0. The van der Waals surface area contributed by atoms with E-state index in [1.807, 2.05) is 0 Å². The lowest BCUT2D eigenvalue weighted by Crippen LogP contribution is -2.25. The van der Waals surface area contributed by atoms with Gasteiger partial charge in [0.25, 0.3) is 0 Å². The fourth-order valence-electron chi connectivity index (χ4n) is 1.25. The number of carbonyl (C=O) groups excluding carboxylic acids is 1.